The van der Waals surface area contributed by atoms with Crippen LogP contribution >= 0.6 is 0 Å². The zero-order valence-electron chi connectivity index (χ0n) is 18.4. The molecule has 33 heavy (non-hydrogen) atoms. The molecule has 1 amide bonds. The predicted molar refractivity (Wildman–Crippen MR) is 124 cm³/mol. The maximum absolute atomic E-state index is 15.2. The standard InChI is InChI=1S/C23H23FN8O/c1-30-5-7-32(8-6-30)22-21(24)18(3-4-25-22)23(33)29-20-10-15-9-16(11-26-19(15)13-27-20)17-12-28-31(2)14-17/h3-4,9-14H,5-8H2,1-2H3,(H,27,29,33). The fourth-order valence-corrected chi connectivity index (χ4v) is 3.86. The zero-order chi connectivity index (χ0) is 22.9. The van der Waals surface area contributed by atoms with Crippen LogP contribution < -0.4 is 10.2 Å². The van der Waals surface area contributed by atoms with E-state index in [0.717, 1.165) is 29.6 Å². The summed E-state index contributed by atoms with van der Waals surface area (Å²) in [5.74, 6) is -0.683. The molecule has 0 radical (unpaired) electrons. The first-order valence-electron chi connectivity index (χ1n) is 10.6. The molecule has 0 aliphatic carbocycles. The van der Waals surface area contributed by atoms with Gasteiger partial charge < -0.3 is 15.1 Å². The highest BCUT2D eigenvalue weighted by atomic mass is 19.1. The summed E-state index contributed by atoms with van der Waals surface area (Å²) in [6, 6.07) is 5.06. The van der Waals surface area contributed by atoms with E-state index in [1.165, 1.54) is 12.3 Å². The molecule has 0 aromatic carbocycles. The lowest BCUT2D eigenvalue weighted by molar-refractivity contribution is 0.102. The van der Waals surface area contributed by atoms with Crippen LogP contribution in [0.2, 0.25) is 0 Å². The van der Waals surface area contributed by atoms with Crippen molar-refractivity contribution in [2.24, 2.45) is 7.05 Å². The quantitative estimate of drug-likeness (QED) is 0.515. The Morgan fingerprint density at radius 3 is 2.58 bits per heavy atom. The van der Waals surface area contributed by atoms with Crippen LogP contribution in [0.3, 0.4) is 0 Å². The number of nitrogens with zero attached hydrogens (tertiary/aromatic N) is 7. The molecule has 1 N–H and O–H groups in total. The maximum Gasteiger partial charge on any atom is 0.259 e. The van der Waals surface area contributed by atoms with E-state index < -0.39 is 11.7 Å². The number of likely N-dealkylation sites (N-methyl/N-ethyl adjacent to an activating group) is 1. The van der Waals surface area contributed by atoms with Crippen molar-refractivity contribution >= 4 is 28.4 Å². The topological polar surface area (TPSA) is 92.1 Å². The van der Waals surface area contributed by atoms with Gasteiger partial charge >= 0.3 is 0 Å². The Hall–Kier alpha value is -3.92. The van der Waals surface area contributed by atoms with Gasteiger partial charge in [-0.2, -0.15) is 5.10 Å². The minimum Gasteiger partial charge on any atom is -0.352 e. The molecule has 1 aliphatic rings. The Labute approximate surface area is 189 Å². The number of hydrogen-bond acceptors (Lipinski definition) is 7. The SMILES string of the molecule is CN1CCN(c2nccc(C(=O)Nc3cc4cc(-c5cnn(C)c5)cnc4cn3)c2F)CC1. The van der Waals surface area contributed by atoms with Gasteiger partial charge in [0.1, 0.15) is 5.82 Å². The van der Waals surface area contributed by atoms with Crippen LogP contribution in [0, 0.1) is 5.82 Å². The van der Waals surface area contributed by atoms with Crippen LogP contribution in [-0.2, 0) is 7.05 Å². The second kappa shape index (κ2) is 8.55. The van der Waals surface area contributed by atoms with Crippen molar-refractivity contribution in [1.82, 2.24) is 29.6 Å². The van der Waals surface area contributed by atoms with Crippen LogP contribution in [0.4, 0.5) is 16.0 Å². The Morgan fingerprint density at radius 2 is 1.82 bits per heavy atom. The zero-order valence-corrected chi connectivity index (χ0v) is 18.4. The third-order valence-corrected chi connectivity index (χ3v) is 5.77. The summed E-state index contributed by atoms with van der Waals surface area (Å²) < 4.78 is 16.9. The number of pyridine rings is 3. The van der Waals surface area contributed by atoms with Gasteiger partial charge in [0.2, 0.25) is 0 Å². The first-order chi connectivity index (χ1) is 16.0. The number of hydrogen-bond donors (Lipinski definition) is 1. The van der Waals surface area contributed by atoms with Gasteiger partial charge in [-0.15, -0.1) is 0 Å². The van der Waals surface area contributed by atoms with Gasteiger partial charge in [-0.3, -0.25) is 14.5 Å². The summed E-state index contributed by atoms with van der Waals surface area (Å²) >= 11 is 0. The van der Waals surface area contributed by atoms with Gasteiger partial charge in [-0.1, -0.05) is 0 Å². The molecule has 0 saturated carbocycles. The van der Waals surface area contributed by atoms with Crippen molar-refractivity contribution in [2.75, 3.05) is 43.4 Å². The normalized spacial score (nSPS) is 14.6. The number of piperazine rings is 1. The summed E-state index contributed by atoms with van der Waals surface area (Å²) in [6.07, 6.45) is 8.46. The molecule has 4 aromatic heterocycles. The third kappa shape index (κ3) is 4.24. The summed E-state index contributed by atoms with van der Waals surface area (Å²) in [7, 11) is 3.87. The summed E-state index contributed by atoms with van der Waals surface area (Å²) in [5, 5.41) is 7.69. The van der Waals surface area contributed by atoms with E-state index in [0.29, 0.717) is 24.4 Å². The summed E-state index contributed by atoms with van der Waals surface area (Å²) in [5.41, 5.74) is 2.46. The molecular formula is C23H23FN8O. The molecule has 168 valence electrons. The van der Waals surface area contributed by atoms with Crippen LogP contribution in [0.5, 0.6) is 0 Å². The van der Waals surface area contributed by atoms with Crippen LogP contribution in [-0.4, -0.2) is 68.8 Å². The van der Waals surface area contributed by atoms with E-state index in [4.69, 9.17) is 0 Å². The lowest BCUT2D eigenvalue weighted by atomic mass is 10.1. The van der Waals surface area contributed by atoms with E-state index in [9.17, 15) is 4.79 Å². The predicted octanol–water partition coefficient (Wildman–Crippen LogP) is 2.57. The molecule has 1 saturated heterocycles. The van der Waals surface area contributed by atoms with E-state index in [2.05, 4.69) is 30.3 Å². The van der Waals surface area contributed by atoms with Crippen molar-refractivity contribution in [3.05, 3.63) is 60.6 Å². The number of amides is 1. The third-order valence-electron chi connectivity index (χ3n) is 5.77. The summed E-state index contributed by atoms with van der Waals surface area (Å²) in [4.78, 5) is 29.8. The molecule has 5 rings (SSSR count). The van der Waals surface area contributed by atoms with Crippen molar-refractivity contribution < 1.29 is 9.18 Å². The minimum absolute atomic E-state index is 0.0666. The highest BCUT2D eigenvalue weighted by molar-refractivity contribution is 6.05. The second-order valence-electron chi connectivity index (χ2n) is 8.13. The number of halogens is 1. The van der Waals surface area contributed by atoms with Crippen molar-refractivity contribution in [2.45, 2.75) is 0 Å². The second-order valence-corrected chi connectivity index (χ2v) is 8.13. The van der Waals surface area contributed by atoms with Crippen LogP contribution in [0.1, 0.15) is 10.4 Å². The van der Waals surface area contributed by atoms with Crippen molar-refractivity contribution in [1.29, 1.82) is 0 Å². The molecule has 4 aromatic rings. The lowest BCUT2D eigenvalue weighted by Crippen LogP contribution is -2.45. The van der Waals surface area contributed by atoms with E-state index in [-0.39, 0.29) is 11.4 Å². The van der Waals surface area contributed by atoms with Crippen molar-refractivity contribution in [3.8, 4) is 11.1 Å². The molecular weight excluding hydrogens is 423 g/mol. The Morgan fingerprint density at radius 1 is 1.00 bits per heavy atom. The molecule has 1 aliphatic heterocycles. The number of fused-ring (bicyclic) bond motifs is 1. The number of nitrogens with one attached hydrogen (secondary N) is 1. The average Bonchev–Trinajstić information content (AvgIpc) is 3.25. The Kier molecular flexibility index (Phi) is 5.43. The van der Waals surface area contributed by atoms with Gasteiger partial charge in [0.25, 0.3) is 5.91 Å². The lowest BCUT2D eigenvalue weighted by Gasteiger charge is -2.33. The van der Waals surface area contributed by atoms with Gasteiger partial charge in [0.15, 0.2) is 11.6 Å². The molecule has 5 heterocycles. The highest BCUT2D eigenvalue weighted by Gasteiger charge is 2.23. The van der Waals surface area contributed by atoms with Crippen LogP contribution in [0.25, 0.3) is 22.0 Å². The molecule has 0 unspecified atom stereocenters. The first-order valence-corrected chi connectivity index (χ1v) is 10.6. The van der Waals surface area contributed by atoms with Crippen LogP contribution in [0.15, 0.2) is 49.2 Å². The van der Waals surface area contributed by atoms with Crippen molar-refractivity contribution in [3.63, 3.8) is 0 Å². The van der Waals surface area contributed by atoms with E-state index >= 15 is 4.39 Å². The number of aromatic nitrogens is 5. The molecule has 1 fully saturated rings. The molecule has 10 heteroatoms. The molecule has 0 bridgehead atoms. The van der Waals surface area contributed by atoms with Gasteiger partial charge in [0.05, 0.1) is 23.5 Å². The minimum atomic E-state index is -0.624. The number of anilines is 2. The monoisotopic (exact) mass is 446 g/mol. The fraction of sp³-hybridized carbons (Fsp3) is 0.261. The highest BCUT2D eigenvalue weighted by Crippen LogP contribution is 2.25. The average molecular weight is 446 g/mol. The smallest absolute Gasteiger partial charge is 0.259 e. The summed E-state index contributed by atoms with van der Waals surface area (Å²) in [6.45, 7) is 2.94. The largest absolute Gasteiger partial charge is 0.352 e. The Bertz CT molecular complexity index is 1330. The van der Waals surface area contributed by atoms with E-state index in [1.807, 2.05) is 31.3 Å². The molecule has 0 spiro atoms. The number of carbonyl (C=O) groups is 1. The number of rotatable bonds is 4. The molecule has 9 nitrogen and oxygen atoms in total. The van der Waals surface area contributed by atoms with Gasteiger partial charge in [0, 0.05) is 68.3 Å². The number of aryl methyl sites for hydroxylation is 1. The number of carbonyl (C=O) groups excluding carboxylic acids is 1. The van der Waals surface area contributed by atoms with Gasteiger partial charge in [-0.25, -0.2) is 14.4 Å². The van der Waals surface area contributed by atoms with Gasteiger partial charge in [-0.05, 0) is 25.2 Å². The first kappa shape index (κ1) is 21.0. The maximum atomic E-state index is 15.2. The van der Waals surface area contributed by atoms with E-state index in [1.54, 1.807) is 29.3 Å². The fourth-order valence-electron chi connectivity index (χ4n) is 3.86. The molecule has 0 atom stereocenters. The Balaban J connectivity index is 1.39.